The minimum Gasteiger partial charge on any atom is -0.368 e. The number of hydrogen-bond acceptors (Lipinski definition) is 3. The third-order valence-electron chi connectivity index (χ3n) is 1.94. The number of carbonyl (C=O) groups is 1. The van der Waals surface area contributed by atoms with E-state index in [2.05, 4.69) is 5.32 Å². The molecule has 4 heteroatoms. The Morgan fingerprint density at radius 3 is 2.85 bits per heavy atom. The quantitative estimate of drug-likeness (QED) is 0.653. The van der Waals surface area contributed by atoms with Crippen LogP contribution in [0.15, 0.2) is 0 Å². The van der Waals surface area contributed by atoms with E-state index < -0.39 is 0 Å². The van der Waals surface area contributed by atoms with E-state index >= 15 is 0 Å². The number of carbonyl (C=O) groups excluding carboxylic acids is 1. The van der Waals surface area contributed by atoms with Crippen molar-refractivity contribution in [1.82, 2.24) is 5.32 Å². The van der Waals surface area contributed by atoms with E-state index in [9.17, 15) is 4.79 Å². The molecule has 0 aliphatic carbocycles. The highest BCUT2D eigenvalue weighted by atomic mass is 16.5. The van der Waals surface area contributed by atoms with Crippen molar-refractivity contribution in [2.45, 2.75) is 38.3 Å². The molecule has 1 fully saturated rings. The molecule has 1 heterocycles. The van der Waals surface area contributed by atoms with Gasteiger partial charge in [-0.25, -0.2) is 0 Å². The topological polar surface area (TPSA) is 64.3 Å². The Hall–Kier alpha value is -0.610. The first kappa shape index (κ1) is 10.5. The first-order chi connectivity index (χ1) is 5.99. The van der Waals surface area contributed by atoms with Gasteiger partial charge >= 0.3 is 0 Å². The maximum absolute atomic E-state index is 11.4. The van der Waals surface area contributed by atoms with Gasteiger partial charge < -0.3 is 15.8 Å². The predicted octanol–water partition coefficient (Wildman–Crippen LogP) is 0.0189. The van der Waals surface area contributed by atoms with Gasteiger partial charge in [-0.1, -0.05) is 0 Å². The molecular weight excluding hydrogens is 168 g/mol. The molecule has 1 saturated heterocycles. The normalized spacial score (nSPS) is 23.2. The monoisotopic (exact) mass is 186 g/mol. The molecule has 1 aliphatic heterocycles. The van der Waals surface area contributed by atoms with Gasteiger partial charge in [0.05, 0.1) is 0 Å². The Morgan fingerprint density at radius 1 is 1.69 bits per heavy atom. The van der Waals surface area contributed by atoms with Crippen LogP contribution in [0, 0.1) is 0 Å². The van der Waals surface area contributed by atoms with E-state index in [1.54, 1.807) is 0 Å². The summed E-state index contributed by atoms with van der Waals surface area (Å²) in [6, 6.07) is 0. The van der Waals surface area contributed by atoms with Crippen LogP contribution in [0.25, 0.3) is 0 Å². The highest BCUT2D eigenvalue weighted by Crippen LogP contribution is 2.11. The number of nitrogens with one attached hydrogen (secondary N) is 1. The summed E-state index contributed by atoms with van der Waals surface area (Å²) >= 11 is 0. The van der Waals surface area contributed by atoms with Crippen molar-refractivity contribution in [1.29, 1.82) is 0 Å². The summed E-state index contributed by atoms with van der Waals surface area (Å²) in [6.07, 6.45) is 1.56. The summed E-state index contributed by atoms with van der Waals surface area (Å²) in [4.78, 5) is 11.4. The molecular formula is C9H18N2O2. The minimum atomic E-state index is -0.353. The smallest absolute Gasteiger partial charge is 0.249 e. The van der Waals surface area contributed by atoms with Crippen LogP contribution in [0.2, 0.25) is 0 Å². The maximum Gasteiger partial charge on any atom is 0.249 e. The summed E-state index contributed by atoms with van der Waals surface area (Å²) in [5.41, 5.74) is 5.37. The van der Waals surface area contributed by atoms with E-state index in [1.165, 1.54) is 0 Å². The number of hydrogen-bond donors (Lipinski definition) is 2. The molecule has 0 spiro atoms. The Labute approximate surface area is 78.8 Å². The molecule has 0 aromatic heterocycles. The molecule has 0 aromatic rings. The standard InChI is InChI=1S/C9H18N2O2/c1-9(2,10)6-11-8(12)7-4-3-5-13-7/h7H,3-6,10H2,1-2H3,(H,11,12)/t7-/m0/s1. The van der Waals surface area contributed by atoms with Gasteiger partial charge in [-0.2, -0.15) is 0 Å². The molecule has 0 saturated carbocycles. The second-order valence-electron chi connectivity index (χ2n) is 4.21. The summed E-state index contributed by atoms with van der Waals surface area (Å²) in [5, 5.41) is 2.78. The number of rotatable bonds is 3. The molecule has 1 aliphatic rings. The SMILES string of the molecule is CC(C)(N)CNC(=O)[C@@H]1CCCO1. The molecule has 0 radical (unpaired) electrons. The minimum absolute atomic E-state index is 0.0315. The van der Waals surface area contributed by atoms with E-state index in [0.29, 0.717) is 13.2 Å². The molecule has 0 bridgehead atoms. The lowest BCUT2D eigenvalue weighted by atomic mass is 10.1. The van der Waals surface area contributed by atoms with E-state index in [1.807, 2.05) is 13.8 Å². The highest BCUT2D eigenvalue weighted by molar-refractivity contribution is 5.81. The van der Waals surface area contributed by atoms with Gasteiger partial charge in [0.25, 0.3) is 0 Å². The van der Waals surface area contributed by atoms with Crippen molar-refractivity contribution in [2.24, 2.45) is 5.73 Å². The van der Waals surface area contributed by atoms with Crippen LogP contribution in [0.1, 0.15) is 26.7 Å². The zero-order chi connectivity index (χ0) is 9.90. The van der Waals surface area contributed by atoms with Gasteiger partial charge in [0.15, 0.2) is 0 Å². The van der Waals surface area contributed by atoms with Crippen LogP contribution in [0.5, 0.6) is 0 Å². The van der Waals surface area contributed by atoms with Crippen LogP contribution < -0.4 is 11.1 Å². The fourth-order valence-electron chi connectivity index (χ4n) is 1.21. The molecule has 4 nitrogen and oxygen atoms in total. The molecule has 3 N–H and O–H groups in total. The van der Waals surface area contributed by atoms with Crippen molar-refractivity contribution in [2.75, 3.05) is 13.2 Å². The van der Waals surface area contributed by atoms with Crippen molar-refractivity contribution in [3.8, 4) is 0 Å². The van der Waals surface area contributed by atoms with Crippen molar-refractivity contribution >= 4 is 5.91 Å². The first-order valence-electron chi connectivity index (χ1n) is 4.67. The average molecular weight is 186 g/mol. The van der Waals surface area contributed by atoms with Crippen LogP contribution in [-0.2, 0) is 9.53 Å². The summed E-state index contributed by atoms with van der Waals surface area (Å²) < 4.78 is 5.23. The lowest BCUT2D eigenvalue weighted by Crippen LogP contribution is -2.47. The highest BCUT2D eigenvalue weighted by Gasteiger charge is 2.24. The van der Waals surface area contributed by atoms with E-state index in [0.717, 1.165) is 12.8 Å². The lowest BCUT2D eigenvalue weighted by Gasteiger charge is -2.20. The third-order valence-corrected chi connectivity index (χ3v) is 1.94. The molecule has 1 atom stereocenters. The van der Waals surface area contributed by atoms with Crippen LogP contribution >= 0.6 is 0 Å². The van der Waals surface area contributed by atoms with E-state index in [4.69, 9.17) is 10.5 Å². The van der Waals surface area contributed by atoms with Gasteiger partial charge in [0.2, 0.25) is 5.91 Å². The molecule has 13 heavy (non-hydrogen) atoms. The Bertz CT molecular complexity index is 181. The summed E-state index contributed by atoms with van der Waals surface area (Å²) in [6.45, 7) is 4.95. The molecule has 1 amide bonds. The fraction of sp³-hybridized carbons (Fsp3) is 0.889. The van der Waals surface area contributed by atoms with Crippen LogP contribution in [0.3, 0.4) is 0 Å². The predicted molar refractivity (Wildman–Crippen MR) is 50.3 cm³/mol. The van der Waals surface area contributed by atoms with Crippen LogP contribution in [-0.4, -0.2) is 30.7 Å². The van der Waals surface area contributed by atoms with Gasteiger partial charge in [0, 0.05) is 18.7 Å². The number of ether oxygens (including phenoxy) is 1. The number of nitrogens with two attached hydrogens (primary N) is 1. The summed E-state index contributed by atoms with van der Waals surface area (Å²) in [7, 11) is 0. The molecule has 0 unspecified atom stereocenters. The Kier molecular flexibility index (Phi) is 3.27. The lowest BCUT2D eigenvalue weighted by molar-refractivity contribution is -0.130. The average Bonchev–Trinajstić information content (AvgIpc) is 2.50. The van der Waals surface area contributed by atoms with E-state index in [-0.39, 0.29) is 17.6 Å². The Balaban J connectivity index is 2.25. The zero-order valence-corrected chi connectivity index (χ0v) is 8.30. The molecule has 0 aromatic carbocycles. The second kappa shape index (κ2) is 4.07. The summed E-state index contributed by atoms with van der Waals surface area (Å²) in [5.74, 6) is -0.0315. The molecule has 1 rings (SSSR count). The van der Waals surface area contributed by atoms with Crippen LogP contribution in [0.4, 0.5) is 0 Å². The van der Waals surface area contributed by atoms with Gasteiger partial charge in [-0.3, -0.25) is 4.79 Å². The van der Waals surface area contributed by atoms with Crippen molar-refractivity contribution in [3.05, 3.63) is 0 Å². The third kappa shape index (κ3) is 3.74. The largest absolute Gasteiger partial charge is 0.368 e. The van der Waals surface area contributed by atoms with Crippen molar-refractivity contribution < 1.29 is 9.53 Å². The number of amides is 1. The fourth-order valence-corrected chi connectivity index (χ4v) is 1.21. The molecule has 76 valence electrons. The second-order valence-corrected chi connectivity index (χ2v) is 4.21. The van der Waals surface area contributed by atoms with Gasteiger partial charge in [0.1, 0.15) is 6.10 Å². The maximum atomic E-state index is 11.4. The van der Waals surface area contributed by atoms with Crippen molar-refractivity contribution in [3.63, 3.8) is 0 Å². The zero-order valence-electron chi connectivity index (χ0n) is 8.30. The van der Waals surface area contributed by atoms with Gasteiger partial charge in [-0.05, 0) is 26.7 Å². The first-order valence-corrected chi connectivity index (χ1v) is 4.67. The Morgan fingerprint density at radius 2 is 2.38 bits per heavy atom. The van der Waals surface area contributed by atoms with Gasteiger partial charge in [-0.15, -0.1) is 0 Å².